The summed E-state index contributed by atoms with van der Waals surface area (Å²) in [5.41, 5.74) is 5.32. The Morgan fingerprint density at radius 3 is 2.59 bits per heavy atom. The number of hydrogen-bond donors (Lipinski definition) is 0. The van der Waals surface area contributed by atoms with Gasteiger partial charge in [-0.1, -0.05) is 13.8 Å². The highest BCUT2D eigenvalue weighted by Crippen LogP contribution is 2.39. The third-order valence-electron chi connectivity index (χ3n) is 5.64. The van der Waals surface area contributed by atoms with E-state index < -0.39 is 0 Å². The molecule has 0 atom stereocenters. The highest BCUT2D eigenvalue weighted by atomic mass is 79.9. The minimum absolute atomic E-state index is 0.480. The Bertz CT molecular complexity index is 1000. The van der Waals surface area contributed by atoms with Gasteiger partial charge in [0, 0.05) is 30.4 Å². The Balaban J connectivity index is 1.77. The highest BCUT2D eigenvalue weighted by Gasteiger charge is 2.23. The van der Waals surface area contributed by atoms with Crippen LogP contribution in [0.3, 0.4) is 0 Å². The zero-order chi connectivity index (χ0) is 20.5. The topological polar surface area (TPSA) is 55.5 Å². The highest BCUT2D eigenvalue weighted by molar-refractivity contribution is 9.10. The quantitative estimate of drug-likeness (QED) is 0.501. The minimum Gasteiger partial charge on any atom is -0.379 e. The van der Waals surface area contributed by atoms with Crippen LogP contribution in [0.25, 0.3) is 16.1 Å². The van der Waals surface area contributed by atoms with Crippen molar-refractivity contribution >= 4 is 32.9 Å². The maximum atomic E-state index is 5.46. The minimum atomic E-state index is 0.480. The van der Waals surface area contributed by atoms with Gasteiger partial charge in [-0.15, -0.1) is 11.3 Å². The van der Waals surface area contributed by atoms with E-state index in [2.05, 4.69) is 59.1 Å². The fraction of sp³-hybridized carbons (Fsp3) is 0.571. The lowest BCUT2D eigenvalue weighted by molar-refractivity contribution is 0.0341. The fourth-order valence-electron chi connectivity index (χ4n) is 4.05. The van der Waals surface area contributed by atoms with E-state index in [0.29, 0.717) is 5.92 Å². The van der Waals surface area contributed by atoms with Crippen molar-refractivity contribution in [3.8, 4) is 10.4 Å². The maximum absolute atomic E-state index is 5.46. The summed E-state index contributed by atoms with van der Waals surface area (Å²) in [7, 11) is 0. The SMILES string of the molecule is CCC(CC)c1cc(C)nc2c(-c3sc(CN4CCOCC4)nc3Br)c(C)nn12. The number of thiazole rings is 1. The van der Waals surface area contributed by atoms with Gasteiger partial charge >= 0.3 is 0 Å². The first-order chi connectivity index (χ1) is 14.0. The monoisotopic (exact) mass is 477 g/mol. The number of aryl methyl sites for hydroxylation is 2. The number of morpholine rings is 1. The van der Waals surface area contributed by atoms with Gasteiger partial charge in [-0.3, -0.25) is 4.90 Å². The van der Waals surface area contributed by atoms with Crippen LogP contribution >= 0.6 is 27.3 Å². The van der Waals surface area contributed by atoms with Crippen molar-refractivity contribution in [2.75, 3.05) is 26.3 Å². The van der Waals surface area contributed by atoms with Gasteiger partial charge in [0.05, 0.1) is 35.9 Å². The summed E-state index contributed by atoms with van der Waals surface area (Å²) < 4.78 is 8.41. The standard InChI is InChI=1S/C21H28BrN5OS/c1-5-15(6-2)16-11-13(3)23-21-18(14(4)25-27(16)21)19-20(22)24-17(29-19)12-26-7-9-28-10-8-26/h11,15H,5-10,12H2,1-4H3. The van der Waals surface area contributed by atoms with Gasteiger partial charge in [0.2, 0.25) is 0 Å². The first kappa shape index (κ1) is 20.9. The molecule has 1 saturated heterocycles. The van der Waals surface area contributed by atoms with E-state index >= 15 is 0 Å². The molecule has 3 aromatic rings. The largest absolute Gasteiger partial charge is 0.379 e. The molecule has 156 valence electrons. The van der Waals surface area contributed by atoms with E-state index in [1.165, 1.54) is 5.69 Å². The van der Waals surface area contributed by atoms with Gasteiger partial charge in [-0.05, 0) is 48.7 Å². The molecule has 0 radical (unpaired) electrons. The van der Waals surface area contributed by atoms with E-state index in [9.17, 15) is 0 Å². The molecule has 8 heteroatoms. The molecule has 1 fully saturated rings. The molecule has 4 rings (SSSR count). The number of aromatic nitrogens is 4. The first-order valence-corrected chi connectivity index (χ1v) is 11.9. The molecule has 3 aromatic heterocycles. The van der Waals surface area contributed by atoms with Gasteiger partial charge in [0.1, 0.15) is 9.61 Å². The van der Waals surface area contributed by atoms with Gasteiger partial charge < -0.3 is 4.74 Å². The van der Waals surface area contributed by atoms with Crippen molar-refractivity contribution in [2.24, 2.45) is 0 Å². The number of halogens is 1. The lowest BCUT2D eigenvalue weighted by Crippen LogP contribution is -2.35. The van der Waals surface area contributed by atoms with Crippen molar-refractivity contribution in [1.29, 1.82) is 0 Å². The van der Waals surface area contributed by atoms with Gasteiger partial charge in [-0.25, -0.2) is 14.5 Å². The van der Waals surface area contributed by atoms with E-state index in [0.717, 1.165) is 82.8 Å². The second-order valence-electron chi connectivity index (χ2n) is 7.65. The van der Waals surface area contributed by atoms with Crippen LogP contribution in [0.2, 0.25) is 0 Å². The second-order valence-corrected chi connectivity index (χ2v) is 9.48. The first-order valence-electron chi connectivity index (χ1n) is 10.3. The summed E-state index contributed by atoms with van der Waals surface area (Å²) in [6.45, 7) is 13.0. The lowest BCUT2D eigenvalue weighted by Gasteiger charge is -2.25. The van der Waals surface area contributed by atoms with Crippen molar-refractivity contribution in [3.05, 3.63) is 32.8 Å². The smallest absolute Gasteiger partial charge is 0.164 e. The van der Waals surface area contributed by atoms with Crippen molar-refractivity contribution in [2.45, 2.75) is 53.0 Å². The molecule has 4 heterocycles. The lowest BCUT2D eigenvalue weighted by atomic mass is 9.98. The molecule has 0 amide bonds. The van der Waals surface area contributed by atoms with E-state index in [1.807, 2.05) is 0 Å². The van der Waals surface area contributed by atoms with E-state index in [1.54, 1.807) is 11.3 Å². The molecular weight excluding hydrogens is 450 g/mol. The van der Waals surface area contributed by atoms with E-state index in [-0.39, 0.29) is 0 Å². The molecule has 1 aliphatic rings. The van der Waals surface area contributed by atoms with Crippen LogP contribution in [0.5, 0.6) is 0 Å². The summed E-state index contributed by atoms with van der Waals surface area (Å²) in [5, 5.41) is 6.01. The molecule has 1 aliphatic heterocycles. The van der Waals surface area contributed by atoms with Crippen molar-refractivity contribution < 1.29 is 4.74 Å². The number of rotatable bonds is 6. The van der Waals surface area contributed by atoms with E-state index in [4.69, 9.17) is 19.8 Å². The third kappa shape index (κ3) is 4.13. The van der Waals surface area contributed by atoms with Gasteiger partial charge in [-0.2, -0.15) is 5.10 Å². The second kappa shape index (κ2) is 8.79. The van der Waals surface area contributed by atoms with Crippen LogP contribution in [-0.4, -0.2) is 50.8 Å². The summed E-state index contributed by atoms with van der Waals surface area (Å²) in [4.78, 5) is 13.2. The zero-order valence-corrected chi connectivity index (χ0v) is 19.9. The Morgan fingerprint density at radius 1 is 1.17 bits per heavy atom. The summed E-state index contributed by atoms with van der Waals surface area (Å²) in [6.07, 6.45) is 2.19. The van der Waals surface area contributed by atoms with Crippen LogP contribution in [0.4, 0.5) is 0 Å². The molecule has 6 nitrogen and oxygen atoms in total. The molecule has 0 bridgehead atoms. The molecule has 0 spiro atoms. The Kier molecular flexibility index (Phi) is 6.34. The third-order valence-corrected chi connectivity index (χ3v) is 7.54. The van der Waals surface area contributed by atoms with Gasteiger partial charge in [0.15, 0.2) is 5.65 Å². The molecular formula is C21H28BrN5OS. The normalized spacial score (nSPS) is 15.7. The summed E-state index contributed by atoms with van der Waals surface area (Å²) in [6, 6.07) is 2.19. The maximum Gasteiger partial charge on any atom is 0.164 e. The Labute approximate surface area is 184 Å². The number of hydrogen-bond acceptors (Lipinski definition) is 6. The fourth-order valence-corrected chi connectivity index (χ4v) is 5.91. The number of ether oxygens (including phenoxy) is 1. The summed E-state index contributed by atoms with van der Waals surface area (Å²) >= 11 is 5.45. The van der Waals surface area contributed by atoms with Crippen LogP contribution < -0.4 is 0 Å². The molecule has 0 unspecified atom stereocenters. The predicted molar refractivity (Wildman–Crippen MR) is 121 cm³/mol. The predicted octanol–water partition coefficient (Wildman–Crippen LogP) is 4.97. The molecule has 0 aliphatic carbocycles. The van der Waals surface area contributed by atoms with Crippen LogP contribution in [0, 0.1) is 13.8 Å². The van der Waals surface area contributed by atoms with Crippen LogP contribution in [0.15, 0.2) is 10.7 Å². The van der Waals surface area contributed by atoms with Crippen molar-refractivity contribution in [3.63, 3.8) is 0 Å². The Hall–Kier alpha value is -1.35. The van der Waals surface area contributed by atoms with Crippen LogP contribution in [0.1, 0.15) is 54.7 Å². The number of nitrogens with zero attached hydrogens (tertiary/aromatic N) is 5. The average molecular weight is 478 g/mol. The molecule has 0 aromatic carbocycles. The van der Waals surface area contributed by atoms with Crippen LogP contribution in [-0.2, 0) is 11.3 Å². The molecule has 29 heavy (non-hydrogen) atoms. The molecule has 0 N–H and O–H groups in total. The molecule has 0 saturated carbocycles. The van der Waals surface area contributed by atoms with Gasteiger partial charge in [0.25, 0.3) is 0 Å². The average Bonchev–Trinajstić information content (AvgIpc) is 3.21. The zero-order valence-electron chi connectivity index (χ0n) is 17.5. The number of fused-ring (bicyclic) bond motifs is 1. The summed E-state index contributed by atoms with van der Waals surface area (Å²) in [5.74, 6) is 0.480. The Morgan fingerprint density at radius 2 is 1.90 bits per heavy atom. The van der Waals surface area contributed by atoms with Crippen molar-refractivity contribution in [1.82, 2.24) is 24.5 Å².